The van der Waals surface area contributed by atoms with Crippen molar-refractivity contribution in [1.82, 2.24) is 19.9 Å². The van der Waals surface area contributed by atoms with Gasteiger partial charge in [-0.15, -0.1) is 0 Å². The summed E-state index contributed by atoms with van der Waals surface area (Å²) in [6.07, 6.45) is 10.9. The average molecular weight is 460 g/mol. The van der Waals surface area contributed by atoms with Crippen molar-refractivity contribution in [2.75, 3.05) is 23.3 Å². The van der Waals surface area contributed by atoms with Crippen molar-refractivity contribution < 1.29 is 9.53 Å². The number of fused-ring (bicyclic) bond motifs is 1. The van der Waals surface area contributed by atoms with E-state index < -0.39 is 0 Å². The Hall–Kier alpha value is -3.88. The predicted octanol–water partition coefficient (Wildman–Crippen LogP) is 3.24. The van der Waals surface area contributed by atoms with Gasteiger partial charge in [-0.2, -0.15) is 0 Å². The van der Waals surface area contributed by atoms with Gasteiger partial charge in [0.25, 0.3) is 5.91 Å². The lowest BCUT2D eigenvalue weighted by Crippen LogP contribution is -2.35. The molecule has 0 bridgehead atoms. The number of carbonyl (C=O) groups excluding carboxylic acids is 1. The number of nitrogens with one attached hydrogen (secondary N) is 2. The molecule has 5 rings (SSSR count). The van der Waals surface area contributed by atoms with E-state index in [0.717, 1.165) is 60.9 Å². The molecule has 176 valence electrons. The number of hydrogen-bond acceptors (Lipinski definition) is 7. The van der Waals surface area contributed by atoms with Gasteiger partial charge in [0.2, 0.25) is 0 Å². The molecular formula is C25H29N7O2. The van der Waals surface area contributed by atoms with Crippen LogP contribution in [0.15, 0.2) is 49.2 Å². The molecule has 1 amide bonds. The number of rotatable bonds is 5. The van der Waals surface area contributed by atoms with Crippen LogP contribution in [-0.4, -0.2) is 44.5 Å². The summed E-state index contributed by atoms with van der Waals surface area (Å²) in [4.78, 5) is 31.6. The maximum atomic E-state index is 13.3. The Morgan fingerprint density at radius 2 is 2.09 bits per heavy atom. The summed E-state index contributed by atoms with van der Waals surface area (Å²) in [5, 5.41) is 3.08. The Labute approximate surface area is 198 Å². The van der Waals surface area contributed by atoms with Gasteiger partial charge in [0.1, 0.15) is 17.2 Å². The van der Waals surface area contributed by atoms with Crippen molar-refractivity contribution in [3.8, 4) is 5.75 Å². The second kappa shape index (κ2) is 8.81. The summed E-state index contributed by atoms with van der Waals surface area (Å²) in [6.45, 7) is 5.81. The first-order valence-corrected chi connectivity index (χ1v) is 11.5. The normalized spacial score (nSPS) is 19.4. The lowest BCUT2D eigenvalue weighted by molar-refractivity contribution is -0.111. The van der Waals surface area contributed by atoms with Gasteiger partial charge in [-0.1, -0.05) is 0 Å². The van der Waals surface area contributed by atoms with Crippen LogP contribution in [0.3, 0.4) is 0 Å². The highest BCUT2D eigenvalue weighted by atomic mass is 16.5. The smallest absolute Gasteiger partial charge is 0.261 e. The monoisotopic (exact) mass is 459 g/mol. The third kappa shape index (κ3) is 4.33. The Balaban J connectivity index is 1.48. The molecule has 0 spiro atoms. The molecule has 4 heterocycles. The maximum absolute atomic E-state index is 13.3. The number of amides is 1. The molecule has 1 aromatic carbocycles. The fourth-order valence-electron chi connectivity index (χ4n) is 4.80. The SMILES string of the molecule is CC1(C)Cc2cc(NC(=O)C(=CN)c3ncccn3)c(N3CCCC(c4ncc[nH]4)C3)cc2O1. The van der Waals surface area contributed by atoms with Gasteiger partial charge in [0.05, 0.1) is 16.9 Å². The molecule has 1 fully saturated rings. The minimum atomic E-state index is -0.354. The fraction of sp³-hybridized carbons (Fsp3) is 0.360. The van der Waals surface area contributed by atoms with Gasteiger partial charge in [-0.3, -0.25) is 4.79 Å². The minimum absolute atomic E-state index is 0.218. The Morgan fingerprint density at radius 1 is 1.26 bits per heavy atom. The standard InChI is InChI=1S/C25H29N7O2/c1-25(2)13-17-11-19(31-24(33)18(14-26)23-27-6-4-7-28-23)20(12-21(17)34-25)32-10-3-5-16(15-32)22-29-8-9-30-22/h4,6-9,11-12,14,16H,3,5,10,13,15,26H2,1-2H3,(H,29,30)(H,31,33). The van der Waals surface area contributed by atoms with Crippen molar-refractivity contribution in [2.45, 2.75) is 44.6 Å². The number of piperidine rings is 1. The molecule has 2 aliphatic heterocycles. The van der Waals surface area contributed by atoms with E-state index in [1.54, 1.807) is 24.7 Å². The minimum Gasteiger partial charge on any atom is -0.487 e. The van der Waals surface area contributed by atoms with Crippen LogP contribution in [-0.2, 0) is 11.2 Å². The van der Waals surface area contributed by atoms with Gasteiger partial charge in [-0.05, 0) is 38.8 Å². The maximum Gasteiger partial charge on any atom is 0.261 e. The number of nitrogens with two attached hydrogens (primary N) is 1. The Kier molecular flexibility index (Phi) is 5.69. The molecule has 1 unspecified atom stereocenters. The van der Waals surface area contributed by atoms with Gasteiger partial charge in [-0.25, -0.2) is 15.0 Å². The molecule has 4 N–H and O–H groups in total. The zero-order valence-corrected chi connectivity index (χ0v) is 19.4. The average Bonchev–Trinajstić information content (AvgIpc) is 3.46. The first-order chi connectivity index (χ1) is 16.4. The molecule has 0 aliphatic carbocycles. The number of anilines is 2. The lowest BCUT2D eigenvalue weighted by atomic mass is 9.96. The predicted molar refractivity (Wildman–Crippen MR) is 130 cm³/mol. The number of benzene rings is 1. The number of imidazole rings is 1. The van der Waals surface area contributed by atoms with E-state index in [2.05, 4.69) is 50.1 Å². The first kappa shape index (κ1) is 21.9. The molecule has 1 saturated heterocycles. The Bertz CT molecular complexity index is 1210. The highest BCUT2D eigenvalue weighted by Crippen LogP contribution is 2.43. The summed E-state index contributed by atoms with van der Waals surface area (Å²) in [5.41, 5.74) is 8.43. The van der Waals surface area contributed by atoms with Gasteiger partial charge >= 0.3 is 0 Å². The number of ether oxygens (including phenoxy) is 1. The molecule has 9 nitrogen and oxygen atoms in total. The quantitative estimate of drug-likeness (QED) is 0.501. The van der Waals surface area contributed by atoms with Crippen molar-refractivity contribution in [2.24, 2.45) is 5.73 Å². The molecule has 2 aliphatic rings. The van der Waals surface area contributed by atoms with E-state index >= 15 is 0 Å². The molecule has 2 aromatic heterocycles. The van der Waals surface area contributed by atoms with Gasteiger partial charge in [0.15, 0.2) is 5.82 Å². The number of H-pyrrole nitrogens is 1. The highest BCUT2D eigenvalue weighted by Gasteiger charge is 2.33. The summed E-state index contributed by atoms with van der Waals surface area (Å²) >= 11 is 0. The van der Waals surface area contributed by atoms with Crippen LogP contribution in [0, 0.1) is 0 Å². The second-order valence-electron chi connectivity index (χ2n) is 9.38. The molecule has 9 heteroatoms. The summed E-state index contributed by atoms with van der Waals surface area (Å²) in [6, 6.07) is 5.77. The third-order valence-electron chi connectivity index (χ3n) is 6.32. The zero-order chi connectivity index (χ0) is 23.7. The molecule has 34 heavy (non-hydrogen) atoms. The van der Waals surface area contributed by atoms with E-state index in [1.165, 1.54) is 6.20 Å². The number of nitrogens with zero attached hydrogens (tertiary/aromatic N) is 4. The van der Waals surface area contributed by atoms with Crippen molar-refractivity contribution >= 4 is 22.9 Å². The van der Waals surface area contributed by atoms with E-state index in [4.69, 9.17) is 10.5 Å². The number of carbonyl (C=O) groups is 1. The zero-order valence-electron chi connectivity index (χ0n) is 19.4. The third-order valence-corrected chi connectivity index (χ3v) is 6.32. The first-order valence-electron chi connectivity index (χ1n) is 11.5. The Morgan fingerprint density at radius 3 is 2.82 bits per heavy atom. The number of hydrogen-bond donors (Lipinski definition) is 3. The van der Waals surface area contributed by atoms with Crippen LogP contribution in [0.4, 0.5) is 11.4 Å². The molecule has 0 saturated carbocycles. The summed E-state index contributed by atoms with van der Waals surface area (Å²) < 4.78 is 6.21. The van der Waals surface area contributed by atoms with E-state index in [9.17, 15) is 4.79 Å². The molecule has 0 radical (unpaired) electrons. The molecule has 3 aromatic rings. The fourth-order valence-corrected chi connectivity index (χ4v) is 4.80. The van der Waals surface area contributed by atoms with Crippen LogP contribution >= 0.6 is 0 Å². The number of aromatic nitrogens is 4. The topological polar surface area (TPSA) is 122 Å². The molecule has 1 atom stereocenters. The second-order valence-corrected chi connectivity index (χ2v) is 9.38. The van der Waals surface area contributed by atoms with Crippen LogP contribution in [0.25, 0.3) is 5.57 Å². The van der Waals surface area contributed by atoms with Crippen molar-refractivity contribution in [3.63, 3.8) is 0 Å². The van der Waals surface area contributed by atoms with E-state index in [0.29, 0.717) is 0 Å². The molecular weight excluding hydrogens is 430 g/mol. The number of aromatic amines is 1. The van der Waals surface area contributed by atoms with Crippen LogP contribution in [0.2, 0.25) is 0 Å². The summed E-state index contributed by atoms with van der Waals surface area (Å²) in [7, 11) is 0. The van der Waals surface area contributed by atoms with Crippen LogP contribution in [0.1, 0.15) is 49.8 Å². The summed E-state index contributed by atoms with van der Waals surface area (Å²) in [5.74, 6) is 2.07. The van der Waals surface area contributed by atoms with Crippen LogP contribution in [0.5, 0.6) is 5.75 Å². The lowest BCUT2D eigenvalue weighted by Gasteiger charge is -2.35. The van der Waals surface area contributed by atoms with Gasteiger partial charge in [0, 0.05) is 68.0 Å². The van der Waals surface area contributed by atoms with Crippen LogP contribution < -0.4 is 20.7 Å². The largest absolute Gasteiger partial charge is 0.487 e. The van der Waals surface area contributed by atoms with E-state index in [1.807, 2.05) is 12.3 Å². The van der Waals surface area contributed by atoms with E-state index in [-0.39, 0.29) is 28.8 Å². The van der Waals surface area contributed by atoms with Gasteiger partial charge < -0.3 is 25.7 Å². The van der Waals surface area contributed by atoms with Crippen molar-refractivity contribution in [1.29, 1.82) is 0 Å². The van der Waals surface area contributed by atoms with Crippen molar-refractivity contribution in [3.05, 3.63) is 66.4 Å². The highest BCUT2D eigenvalue weighted by molar-refractivity contribution is 6.24.